The van der Waals surface area contributed by atoms with Crippen LogP contribution >= 0.6 is 0 Å². The molecular formula is C9H12N2O4. The molecule has 1 aliphatic heterocycles. The number of carbonyl (C=O) groups excluding carboxylic acids is 2. The number of amides is 3. The maximum absolute atomic E-state index is 11.6. The standard InChI is InChI=1S/C9H12N2O4/c1-11-8(15)10-7(14)9(11)3-2-5(4-9)6(12)13/h5H,2-4H2,1H3,(H,12,13)(H,10,14,15). The first-order valence-electron chi connectivity index (χ1n) is 4.79. The molecular weight excluding hydrogens is 200 g/mol. The summed E-state index contributed by atoms with van der Waals surface area (Å²) >= 11 is 0. The number of aliphatic carboxylic acids is 1. The zero-order chi connectivity index (χ0) is 11.2. The molecule has 0 bridgehead atoms. The molecule has 2 N–H and O–H groups in total. The molecule has 1 spiro atoms. The van der Waals surface area contributed by atoms with E-state index >= 15 is 0 Å². The largest absolute Gasteiger partial charge is 0.481 e. The average molecular weight is 212 g/mol. The Morgan fingerprint density at radius 3 is 2.67 bits per heavy atom. The minimum Gasteiger partial charge on any atom is -0.481 e. The number of imide groups is 1. The Bertz CT molecular complexity index is 354. The van der Waals surface area contributed by atoms with E-state index in [0.717, 1.165) is 0 Å². The SMILES string of the molecule is CN1C(=O)NC(=O)C12CCC(C(=O)O)C2. The van der Waals surface area contributed by atoms with Crippen LogP contribution in [0.15, 0.2) is 0 Å². The highest BCUT2D eigenvalue weighted by Gasteiger charge is 2.56. The Kier molecular flexibility index (Phi) is 1.95. The van der Waals surface area contributed by atoms with Crippen LogP contribution in [0.4, 0.5) is 4.79 Å². The van der Waals surface area contributed by atoms with Crippen LogP contribution in [0.5, 0.6) is 0 Å². The van der Waals surface area contributed by atoms with Crippen molar-refractivity contribution in [1.29, 1.82) is 0 Å². The molecule has 3 amide bonds. The van der Waals surface area contributed by atoms with E-state index in [2.05, 4.69) is 5.32 Å². The molecule has 2 rings (SSSR count). The lowest BCUT2D eigenvalue weighted by atomic mass is 9.95. The summed E-state index contributed by atoms with van der Waals surface area (Å²) in [6.07, 6.45) is 1.09. The molecule has 0 aromatic rings. The average Bonchev–Trinajstić information content (AvgIpc) is 2.68. The molecule has 2 fully saturated rings. The summed E-state index contributed by atoms with van der Waals surface area (Å²) in [7, 11) is 1.53. The molecule has 2 unspecified atom stereocenters. The zero-order valence-electron chi connectivity index (χ0n) is 8.32. The lowest BCUT2D eigenvalue weighted by molar-refractivity contribution is -0.141. The molecule has 0 aromatic carbocycles. The fourth-order valence-electron chi connectivity index (χ4n) is 2.39. The number of likely N-dealkylation sites (N-methyl/N-ethyl adjacent to an activating group) is 1. The van der Waals surface area contributed by atoms with E-state index in [-0.39, 0.29) is 12.3 Å². The van der Waals surface area contributed by atoms with Crippen LogP contribution in [0.25, 0.3) is 0 Å². The first-order chi connectivity index (χ1) is 6.97. The number of hydrogen-bond donors (Lipinski definition) is 2. The number of carboxylic acids is 1. The topological polar surface area (TPSA) is 86.7 Å². The van der Waals surface area contributed by atoms with Crippen molar-refractivity contribution >= 4 is 17.9 Å². The van der Waals surface area contributed by atoms with Gasteiger partial charge in [-0.15, -0.1) is 0 Å². The van der Waals surface area contributed by atoms with Crippen molar-refractivity contribution in [1.82, 2.24) is 10.2 Å². The van der Waals surface area contributed by atoms with Crippen molar-refractivity contribution in [3.05, 3.63) is 0 Å². The van der Waals surface area contributed by atoms with Gasteiger partial charge in [0, 0.05) is 7.05 Å². The van der Waals surface area contributed by atoms with Gasteiger partial charge in [-0.05, 0) is 19.3 Å². The summed E-state index contributed by atoms with van der Waals surface area (Å²) in [5.74, 6) is -1.78. The molecule has 2 aliphatic rings. The summed E-state index contributed by atoms with van der Waals surface area (Å²) in [5.41, 5.74) is -0.917. The second-order valence-corrected chi connectivity index (χ2v) is 4.13. The van der Waals surface area contributed by atoms with Crippen molar-refractivity contribution in [2.75, 3.05) is 7.05 Å². The van der Waals surface area contributed by atoms with E-state index in [9.17, 15) is 14.4 Å². The maximum Gasteiger partial charge on any atom is 0.324 e. The van der Waals surface area contributed by atoms with Gasteiger partial charge >= 0.3 is 12.0 Å². The minimum atomic E-state index is -0.917. The molecule has 0 aromatic heterocycles. The fraction of sp³-hybridized carbons (Fsp3) is 0.667. The number of hydrogen-bond acceptors (Lipinski definition) is 3. The second-order valence-electron chi connectivity index (χ2n) is 4.13. The third-order valence-corrected chi connectivity index (χ3v) is 3.43. The number of carboxylic acid groups (broad SMARTS) is 1. The van der Waals surface area contributed by atoms with Crippen molar-refractivity contribution in [3.63, 3.8) is 0 Å². The first kappa shape index (κ1) is 9.95. The molecule has 1 heterocycles. The van der Waals surface area contributed by atoms with Crippen LogP contribution in [-0.4, -0.2) is 40.5 Å². The second kappa shape index (κ2) is 2.95. The maximum atomic E-state index is 11.6. The lowest BCUT2D eigenvalue weighted by Crippen LogP contribution is -2.45. The highest BCUT2D eigenvalue weighted by molar-refractivity contribution is 6.07. The monoisotopic (exact) mass is 212 g/mol. The quantitative estimate of drug-likeness (QED) is 0.589. The number of nitrogens with one attached hydrogen (secondary N) is 1. The predicted molar refractivity (Wildman–Crippen MR) is 49.0 cm³/mol. The molecule has 6 heteroatoms. The molecule has 82 valence electrons. The van der Waals surface area contributed by atoms with Gasteiger partial charge < -0.3 is 10.0 Å². The van der Waals surface area contributed by atoms with E-state index in [1.54, 1.807) is 0 Å². The minimum absolute atomic E-state index is 0.219. The van der Waals surface area contributed by atoms with Crippen LogP contribution in [0.1, 0.15) is 19.3 Å². The van der Waals surface area contributed by atoms with E-state index in [1.165, 1.54) is 11.9 Å². The van der Waals surface area contributed by atoms with Gasteiger partial charge in [-0.1, -0.05) is 0 Å². The van der Waals surface area contributed by atoms with Crippen molar-refractivity contribution in [2.45, 2.75) is 24.8 Å². The van der Waals surface area contributed by atoms with Gasteiger partial charge in [-0.2, -0.15) is 0 Å². The van der Waals surface area contributed by atoms with E-state index in [1.807, 2.05) is 0 Å². The zero-order valence-corrected chi connectivity index (χ0v) is 8.32. The Morgan fingerprint density at radius 1 is 1.60 bits per heavy atom. The highest BCUT2D eigenvalue weighted by Crippen LogP contribution is 2.41. The number of urea groups is 1. The fourth-order valence-corrected chi connectivity index (χ4v) is 2.39. The molecule has 15 heavy (non-hydrogen) atoms. The van der Waals surface area contributed by atoms with E-state index in [0.29, 0.717) is 12.8 Å². The van der Waals surface area contributed by atoms with Gasteiger partial charge in [-0.25, -0.2) is 4.79 Å². The number of carbonyl (C=O) groups is 3. The Balaban J connectivity index is 2.26. The third-order valence-electron chi connectivity index (χ3n) is 3.43. The van der Waals surface area contributed by atoms with E-state index < -0.39 is 23.5 Å². The van der Waals surface area contributed by atoms with Crippen LogP contribution < -0.4 is 5.32 Å². The smallest absolute Gasteiger partial charge is 0.324 e. The number of nitrogens with zero attached hydrogens (tertiary/aromatic N) is 1. The van der Waals surface area contributed by atoms with Gasteiger partial charge in [0.05, 0.1) is 5.92 Å². The summed E-state index contributed by atoms with van der Waals surface area (Å²) in [5, 5.41) is 11.1. The van der Waals surface area contributed by atoms with E-state index in [4.69, 9.17) is 5.11 Å². The summed E-state index contributed by atoms with van der Waals surface area (Å²) in [6, 6.07) is -0.439. The van der Waals surface area contributed by atoms with Crippen molar-refractivity contribution < 1.29 is 19.5 Å². The van der Waals surface area contributed by atoms with Gasteiger partial charge in [0.2, 0.25) is 0 Å². The summed E-state index contributed by atoms with van der Waals surface area (Å²) < 4.78 is 0. The van der Waals surface area contributed by atoms with Gasteiger partial charge in [0.1, 0.15) is 5.54 Å². The lowest BCUT2D eigenvalue weighted by Gasteiger charge is -2.27. The summed E-state index contributed by atoms with van der Waals surface area (Å²) in [6.45, 7) is 0. The van der Waals surface area contributed by atoms with Crippen molar-refractivity contribution in [3.8, 4) is 0 Å². The molecule has 6 nitrogen and oxygen atoms in total. The Hall–Kier alpha value is -1.59. The van der Waals surface area contributed by atoms with Gasteiger partial charge in [0.25, 0.3) is 5.91 Å². The summed E-state index contributed by atoms with van der Waals surface area (Å²) in [4.78, 5) is 35.0. The molecule has 2 atom stereocenters. The predicted octanol–water partition coefficient (Wildman–Crippen LogP) is -0.209. The Morgan fingerprint density at radius 2 is 2.27 bits per heavy atom. The highest BCUT2D eigenvalue weighted by atomic mass is 16.4. The van der Waals surface area contributed by atoms with Crippen molar-refractivity contribution in [2.24, 2.45) is 5.92 Å². The van der Waals surface area contributed by atoms with Crippen LogP contribution in [0, 0.1) is 5.92 Å². The third kappa shape index (κ3) is 1.20. The molecule has 1 saturated heterocycles. The first-order valence-corrected chi connectivity index (χ1v) is 4.79. The van der Waals surface area contributed by atoms with Gasteiger partial charge in [0.15, 0.2) is 0 Å². The molecule has 0 radical (unpaired) electrons. The number of rotatable bonds is 1. The van der Waals surface area contributed by atoms with Crippen LogP contribution in [-0.2, 0) is 9.59 Å². The van der Waals surface area contributed by atoms with Crippen LogP contribution in [0.2, 0.25) is 0 Å². The normalized spacial score (nSPS) is 35.0. The molecule has 1 aliphatic carbocycles. The van der Waals surface area contributed by atoms with Gasteiger partial charge in [-0.3, -0.25) is 14.9 Å². The Labute approximate surface area is 86.2 Å². The van der Waals surface area contributed by atoms with Crippen LogP contribution in [0.3, 0.4) is 0 Å². The molecule has 1 saturated carbocycles.